The minimum atomic E-state index is 0.0938. The number of carbonyl (C=O) groups is 1. The molecule has 6 heteroatoms. The Bertz CT molecular complexity index is 741. The van der Waals surface area contributed by atoms with E-state index in [9.17, 15) is 4.79 Å². The monoisotopic (exact) mass is 372 g/mol. The molecule has 0 bridgehead atoms. The molecular formula is C20H28N4OS. The molecule has 1 N–H and O–H groups in total. The van der Waals surface area contributed by atoms with Gasteiger partial charge in [0.1, 0.15) is 0 Å². The molecule has 1 fully saturated rings. The molecule has 0 saturated heterocycles. The van der Waals surface area contributed by atoms with Crippen molar-refractivity contribution in [1.82, 2.24) is 20.1 Å². The molecule has 26 heavy (non-hydrogen) atoms. The van der Waals surface area contributed by atoms with Crippen LogP contribution in [0.2, 0.25) is 0 Å². The Morgan fingerprint density at radius 2 is 1.96 bits per heavy atom. The Hall–Kier alpha value is -1.82. The maximum absolute atomic E-state index is 12.4. The van der Waals surface area contributed by atoms with E-state index in [2.05, 4.69) is 65.1 Å². The molecule has 0 spiro atoms. The van der Waals surface area contributed by atoms with Gasteiger partial charge in [0.25, 0.3) is 0 Å². The number of aromatic nitrogens is 3. The van der Waals surface area contributed by atoms with E-state index in [4.69, 9.17) is 0 Å². The van der Waals surface area contributed by atoms with Crippen molar-refractivity contribution in [1.29, 1.82) is 0 Å². The summed E-state index contributed by atoms with van der Waals surface area (Å²) in [6, 6.07) is 8.61. The predicted molar refractivity (Wildman–Crippen MR) is 106 cm³/mol. The number of nitrogens with zero attached hydrogens (tertiary/aromatic N) is 3. The average Bonchev–Trinajstić information content (AvgIpc) is 3.05. The Morgan fingerprint density at radius 1 is 1.23 bits per heavy atom. The van der Waals surface area contributed by atoms with Crippen molar-refractivity contribution in [2.24, 2.45) is 5.92 Å². The smallest absolute Gasteiger partial charge is 0.230 e. The molecule has 1 aromatic carbocycles. The van der Waals surface area contributed by atoms with Crippen LogP contribution in [0, 0.1) is 12.8 Å². The zero-order valence-electron chi connectivity index (χ0n) is 15.9. The number of nitrogens with one attached hydrogen (secondary N) is 1. The Balaban J connectivity index is 1.63. The molecule has 5 nitrogen and oxygen atoms in total. The summed E-state index contributed by atoms with van der Waals surface area (Å²) in [5.41, 5.74) is 2.27. The van der Waals surface area contributed by atoms with Crippen LogP contribution in [0.5, 0.6) is 0 Å². The molecular weight excluding hydrogens is 344 g/mol. The van der Waals surface area contributed by atoms with Gasteiger partial charge < -0.3 is 9.88 Å². The Labute approximate surface area is 160 Å². The van der Waals surface area contributed by atoms with Crippen molar-refractivity contribution in [3.05, 3.63) is 29.8 Å². The molecule has 2 aromatic rings. The van der Waals surface area contributed by atoms with Crippen LogP contribution in [-0.2, 0) is 11.3 Å². The first-order valence-electron chi connectivity index (χ1n) is 9.51. The van der Waals surface area contributed by atoms with Crippen molar-refractivity contribution >= 4 is 17.7 Å². The Kier molecular flexibility index (Phi) is 6.35. The summed E-state index contributed by atoms with van der Waals surface area (Å²) in [5, 5.41) is 12.7. The first-order chi connectivity index (χ1) is 12.6. The number of hydrogen-bond donors (Lipinski definition) is 1. The fraction of sp³-hybridized carbons (Fsp3) is 0.550. The number of amides is 1. The van der Waals surface area contributed by atoms with E-state index in [1.165, 1.54) is 36.6 Å². The number of aryl methyl sites for hydroxylation is 1. The molecule has 0 radical (unpaired) electrons. The van der Waals surface area contributed by atoms with Crippen molar-refractivity contribution in [3.8, 4) is 11.4 Å². The van der Waals surface area contributed by atoms with Crippen molar-refractivity contribution in [2.45, 2.75) is 64.2 Å². The lowest BCUT2D eigenvalue weighted by molar-refractivity contribution is -0.119. The predicted octanol–water partition coefficient (Wildman–Crippen LogP) is 4.06. The average molecular weight is 373 g/mol. The highest BCUT2D eigenvalue weighted by Gasteiger charge is 2.23. The van der Waals surface area contributed by atoms with E-state index < -0.39 is 0 Å². The lowest BCUT2D eigenvalue weighted by Crippen LogP contribution is -2.41. The summed E-state index contributed by atoms with van der Waals surface area (Å²) in [4.78, 5) is 12.4. The number of benzene rings is 1. The van der Waals surface area contributed by atoms with E-state index in [0.29, 0.717) is 17.7 Å². The van der Waals surface area contributed by atoms with E-state index in [-0.39, 0.29) is 5.91 Å². The number of hydrogen-bond acceptors (Lipinski definition) is 4. The molecule has 140 valence electrons. The molecule has 1 heterocycles. The molecule has 1 amide bonds. The van der Waals surface area contributed by atoms with Crippen LogP contribution >= 0.6 is 11.8 Å². The lowest BCUT2D eigenvalue weighted by Gasteiger charge is -2.29. The maximum Gasteiger partial charge on any atom is 0.230 e. The Morgan fingerprint density at radius 3 is 2.65 bits per heavy atom. The lowest BCUT2D eigenvalue weighted by atomic mass is 9.86. The minimum Gasteiger partial charge on any atom is -0.352 e. The molecule has 2 atom stereocenters. The van der Waals surface area contributed by atoms with Gasteiger partial charge in [0, 0.05) is 18.2 Å². The van der Waals surface area contributed by atoms with Crippen LogP contribution in [0.1, 0.15) is 45.1 Å². The number of rotatable bonds is 6. The quantitative estimate of drug-likeness (QED) is 0.777. The molecule has 1 aromatic heterocycles. The zero-order valence-corrected chi connectivity index (χ0v) is 16.7. The van der Waals surface area contributed by atoms with Crippen molar-refractivity contribution in [2.75, 3.05) is 5.75 Å². The van der Waals surface area contributed by atoms with Crippen LogP contribution in [0.3, 0.4) is 0 Å². The van der Waals surface area contributed by atoms with E-state index >= 15 is 0 Å². The first kappa shape index (κ1) is 19.0. The second-order valence-electron chi connectivity index (χ2n) is 7.14. The van der Waals surface area contributed by atoms with Gasteiger partial charge in [0.2, 0.25) is 5.91 Å². The third kappa shape index (κ3) is 4.47. The number of thioether (sulfide) groups is 1. The second kappa shape index (κ2) is 8.71. The third-order valence-corrected chi connectivity index (χ3v) is 6.10. The normalized spacial score (nSPS) is 20.1. The fourth-order valence-corrected chi connectivity index (χ4v) is 4.32. The summed E-state index contributed by atoms with van der Waals surface area (Å²) < 4.78 is 2.08. The second-order valence-corrected chi connectivity index (χ2v) is 8.08. The number of carbonyl (C=O) groups excluding carboxylic acids is 1. The highest BCUT2D eigenvalue weighted by atomic mass is 32.2. The van der Waals surface area contributed by atoms with Gasteiger partial charge in [-0.25, -0.2) is 0 Å². The molecule has 1 aliphatic carbocycles. The van der Waals surface area contributed by atoms with Crippen molar-refractivity contribution in [3.63, 3.8) is 0 Å². The highest BCUT2D eigenvalue weighted by molar-refractivity contribution is 7.99. The summed E-state index contributed by atoms with van der Waals surface area (Å²) >= 11 is 1.47. The van der Waals surface area contributed by atoms with E-state index in [1.807, 2.05) is 0 Å². The fourth-order valence-electron chi connectivity index (χ4n) is 3.51. The van der Waals surface area contributed by atoms with Gasteiger partial charge in [-0.3, -0.25) is 4.79 Å². The molecule has 1 aliphatic rings. The summed E-state index contributed by atoms with van der Waals surface area (Å²) in [6.07, 6.45) is 4.80. The van der Waals surface area contributed by atoms with E-state index in [0.717, 1.165) is 29.5 Å². The highest BCUT2D eigenvalue weighted by Crippen LogP contribution is 2.26. The van der Waals surface area contributed by atoms with Gasteiger partial charge in [-0.05, 0) is 32.6 Å². The van der Waals surface area contributed by atoms with Gasteiger partial charge in [0.15, 0.2) is 11.0 Å². The molecule has 3 rings (SSSR count). The standard InChI is InChI=1S/C20H28N4OS/c1-4-24-19(16-11-9-14(2)10-12-16)22-23-20(24)26-13-18(25)21-17-8-6-5-7-15(17)3/h9-12,15,17H,4-8,13H2,1-3H3,(H,21,25)/t15-,17+/m1/s1. The third-order valence-electron chi connectivity index (χ3n) is 5.13. The van der Waals surface area contributed by atoms with Gasteiger partial charge in [-0.1, -0.05) is 61.4 Å². The first-order valence-corrected chi connectivity index (χ1v) is 10.5. The summed E-state index contributed by atoms with van der Waals surface area (Å²) in [7, 11) is 0. The van der Waals surface area contributed by atoms with Gasteiger partial charge in [-0.15, -0.1) is 10.2 Å². The van der Waals surface area contributed by atoms with Crippen LogP contribution < -0.4 is 5.32 Å². The zero-order chi connectivity index (χ0) is 18.5. The minimum absolute atomic E-state index is 0.0938. The summed E-state index contributed by atoms with van der Waals surface area (Å²) in [5.74, 6) is 1.91. The largest absolute Gasteiger partial charge is 0.352 e. The molecule has 0 unspecified atom stereocenters. The molecule has 0 aliphatic heterocycles. The SMILES string of the molecule is CCn1c(SCC(=O)N[C@H]2CCCC[C@H]2C)nnc1-c1ccc(C)cc1. The van der Waals surface area contributed by atoms with Gasteiger partial charge in [0.05, 0.1) is 5.75 Å². The van der Waals surface area contributed by atoms with Gasteiger partial charge >= 0.3 is 0 Å². The maximum atomic E-state index is 12.4. The van der Waals surface area contributed by atoms with Crippen LogP contribution in [0.4, 0.5) is 0 Å². The van der Waals surface area contributed by atoms with Gasteiger partial charge in [-0.2, -0.15) is 0 Å². The summed E-state index contributed by atoms with van der Waals surface area (Å²) in [6.45, 7) is 7.16. The topological polar surface area (TPSA) is 59.8 Å². The van der Waals surface area contributed by atoms with E-state index in [1.54, 1.807) is 0 Å². The van der Waals surface area contributed by atoms with Crippen molar-refractivity contribution < 1.29 is 4.79 Å². The molecule has 1 saturated carbocycles. The van der Waals surface area contributed by atoms with Crippen LogP contribution in [0.15, 0.2) is 29.4 Å². The van der Waals surface area contributed by atoms with Crippen LogP contribution in [0.25, 0.3) is 11.4 Å². The van der Waals surface area contributed by atoms with Crippen LogP contribution in [-0.4, -0.2) is 32.5 Å².